The summed E-state index contributed by atoms with van der Waals surface area (Å²) in [6.07, 6.45) is 3.95. The molecule has 8 fully saturated rings. The molecule has 0 spiro atoms. The van der Waals surface area contributed by atoms with Crippen molar-refractivity contribution >= 4 is 0 Å². The Bertz CT molecular complexity index is 2810. The van der Waals surface area contributed by atoms with Crippen molar-refractivity contribution in [1.29, 1.82) is 0 Å². The summed E-state index contributed by atoms with van der Waals surface area (Å²) in [5.41, 5.74) is 0. The molecule has 42 nitrogen and oxygen atoms in total. The predicted octanol–water partition coefficient (Wildman–Crippen LogP) is 2.27. The van der Waals surface area contributed by atoms with Gasteiger partial charge in [0.25, 0.3) is 0 Å². The van der Waals surface area contributed by atoms with Crippen molar-refractivity contribution in [3.63, 3.8) is 0 Å². The van der Waals surface area contributed by atoms with Crippen LogP contribution in [0.1, 0.15) is 199 Å². The number of nitrogens with zero attached hydrogens (tertiary/aromatic N) is 6. The Balaban J connectivity index is 0.000000405. The minimum Gasteiger partial charge on any atom is -0.394 e. The molecule has 8 saturated heterocycles. The van der Waals surface area contributed by atoms with Crippen molar-refractivity contribution in [2.24, 2.45) is 0 Å². The minimum atomic E-state index is -0.896. The van der Waals surface area contributed by atoms with E-state index in [1.807, 2.05) is 83.1 Å². The summed E-state index contributed by atoms with van der Waals surface area (Å²) >= 11 is 0. The van der Waals surface area contributed by atoms with E-state index in [2.05, 4.69) is 29.4 Å². The summed E-state index contributed by atoms with van der Waals surface area (Å²) < 4.78 is 146. The normalized spacial score (nSPS) is 25.8. The van der Waals surface area contributed by atoms with E-state index in [0.29, 0.717) is 138 Å². The molecule has 18 atom stereocenters. The van der Waals surface area contributed by atoms with Crippen LogP contribution in [-0.2, 0) is 114 Å². The van der Waals surface area contributed by atoms with Crippen LogP contribution in [0.2, 0.25) is 0 Å². The van der Waals surface area contributed by atoms with Crippen LogP contribution in [0.15, 0.2) is 0 Å². The summed E-state index contributed by atoms with van der Waals surface area (Å²) in [7, 11) is 0. The topological polar surface area (TPSA) is 484 Å². The molecule has 0 aromatic rings. The van der Waals surface area contributed by atoms with Gasteiger partial charge >= 0.3 is 0 Å². The molecule has 144 heavy (non-hydrogen) atoms. The fraction of sp³-hybridized carbons (Fsp3) is 1.00. The van der Waals surface area contributed by atoms with E-state index in [-0.39, 0.29) is 211 Å². The van der Waals surface area contributed by atoms with Gasteiger partial charge in [-0.05, 0) is 199 Å². The van der Waals surface area contributed by atoms with Crippen molar-refractivity contribution < 1.29 is 175 Å². The fourth-order valence-corrected chi connectivity index (χ4v) is 17.7. The van der Waals surface area contributed by atoms with Crippen molar-refractivity contribution in [3.05, 3.63) is 0 Å². The van der Waals surface area contributed by atoms with Crippen LogP contribution in [0, 0.1) is 0 Å². The molecule has 8 aliphatic heterocycles. The van der Waals surface area contributed by atoms with Crippen LogP contribution >= 0.6 is 0 Å². The van der Waals surface area contributed by atoms with Crippen molar-refractivity contribution in [2.75, 3.05) is 316 Å². The lowest BCUT2D eigenvalue weighted by Crippen LogP contribution is -2.39. The van der Waals surface area contributed by atoms with Crippen molar-refractivity contribution in [2.45, 2.75) is 343 Å². The number of rotatable bonds is 78. The molecular weight excluding hydrogens is 1890 g/mol. The lowest BCUT2D eigenvalue weighted by atomic mass is 10.2. The second-order valence-corrected chi connectivity index (χ2v) is 42.4. The lowest BCUT2D eigenvalue weighted by molar-refractivity contribution is -0.142. The van der Waals surface area contributed by atoms with Crippen LogP contribution < -0.4 is 0 Å². The third kappa shape index (κ3) is 59.3. The Hall–Kier alpha value is -1.68. The molecule has 0 amide bonds. The highest BCUT2D eigenvalue weighted by atomic mass is 16.8. The SMILES string of the molecule is CC1(C)OCC(CCOC[C@@H](CCN2CCN(CC[C@H](COCCC3COC(C)(C)O3)OCCC3COC(C)(C)O3)CCN(CC[C@H](COCC[C@@H]3COC(C)(C)O3)OCC[C@@H]3COC(C)(C)O3)CC2)OCCC2COC(C)(C)O2)O1.OC[C@H](O)CCOC[C@@H](CCN1CCN(CC[C@H](COCC[C@@H](O)CO)OCC[C@@H](O)CO)CCN(CC[C@H](COCC[C@@H](O)CO)OCC[C@@H](O)CO)CC1)OCC[C@@H](O)CO. The van der Waals surface area contributed by atoms with Crippen LogP contribution in [0.25, 0.3) is 0 Å². The van der Waals surface area contributed by atoms with Gasteiger partial charge in [0.05, 0.1) is 229 Å². The van der Waals surface area contributed by atoms with Crippen molar-refractivity contribution in [3.8, 4) is 0 Å². The zero-order valence-corrected chi connectivity index (χ0v) is 89.9. The van der Waals surface area contributed by atoms with E-state index < -0.39 is 71.3 Å². The zero-order chi connectivity index (χ0) is 104. The Morgan fingerprint density at radius 1 is 0.208 bits per heavy atom. The molecule has 12 N–H and O–H groups in total. The highest BCUT2D eigenvalue weighted by Crippen LogP contribution is 2.31. The van der Waals surface area contributed by atoms with E-state index >= 15 is 0 Å². The Morgan fingerprint density at radius 2 is 0.354 bits per heavy atom. The van der Waals surface area contributed by atoms with E-state index in [1.54, 1.807) is 0 Å². The Labute approximate surface area is 859 Å². The van der Waals surface area contributed by atoms with Gasteiger partial charge in [-0.1, -0.05) is 0 Å². The number of aliphatic hydroxyl groups is 12. The van der Waals surface area contributed by atoms with Crippen LogP contribution in [0.3, 0.4) is 0 Å². The summed E-state index contributed by atoms with van der Waals surface area (Å²) in [5, 5.41) is 114. The van der Waals surface area contributed by atoms with Gasteiger partial charge < -0.3 is 204 Å². The van der Waals surface area contributed by atoms with Gasteiger partial charge in [-0.2, -0.15) is 0 Å². The molecule has 42 heteroatoms. The van der Waals surface area contributed by atoms with Crippen LogP contribution in [0.4, 0.5) is 0 Å². The largest absolute Gasteiger partial charge is 0.394 e. The highest BCUT2D eigenvalue weighted by Gasteiger charge is 2.39. The molecule has 8 heterocycles. The van der Waals surface area contributed by atoms with Crippen molar-refractivity contribution in [1.82, 2.24) is 29.4 Å². The molecule has 0 saturated carbocycles. The maximum Gasteiger partial charge on any atom is 0.163 e. The number of hydrogen-bond donors (Lipinski definition) is 12. The van der Waals surface area contributed by atoms with Gasteiger partial charge in [0.15, 0.2) is 34.7 Å². The first-order chi connectivity index (χ1) is 68.9. The predicted molar refractivity (Wildman–Crippen MR) is 533 cm³/mol. The Morgan fingerprint density at radius 3 is 0.507 bits per heavy atom. The maximum atomic E-state index is 9.88. The standard InChI is InChI=1S/C60H111N3O18.C42H87N3O18/c1-55(2)70-40-49(76-55)16-31-64-37-46(67-34-19-52-43-73-58(7,8)79-52)13-22-61-25-27-62(23-14-47(68-35-20-53-44-74-59(9,10)80-53)38-65-32-17-50-41-71-56(3,4)77-50)29-30-63(28-26-61)24-15-48(69-36-21-54-45-75-60(11,12)81-54)39-66-33-18-51-42-72-57(5,6)78-51;46-25-34(52)4-19-58-31-40(61-22-7-37(55)28-49)1-10-43-13-15-44(11-2-41(62-23-8-38(56)29-50)32-59-20-5-35(53)26-47)17-18-45(16-14-43)12-3-42(63-24-9-39(57)30-51)33-60-21-6-36(54)27-48/h46-54H,13-45H2,1-12H3;34-42,46-57H,1-33H2/t46-,47-,48-,49-,50?,51?,52-,53?,54?;34-,35-,36-,37-,38-,39-,40-,41-,42-/m11/s1. The fourth-order valence-electron chi connectivity index (χ4n) is 17.7. The van der Waals surface area contributed by atoms with E-state index in [0.717, 1.165) is 156 Å². The summed E-state index contributed by atoms with van der Waals surface area (Å²) in [4.78, 5) is 14.9. The smallest absolute Gasteiger partial charge is 0.163 e. The van der Waals surface area contributed by atoms with Gasteiger partial charge in [0.2, 0.25) is 0 Å². The van der Waals surface area contributed by atoms with E-state index in [9.17, 15) is 61.3 Å². The minimum absolute atomic E-state index is 0.00260. The first-order valence-electron chi connectivity index (χ1n) is 54.0. The third-order valence-electron chi connectivity index (χ3n) is 26.8. The second-order valence-electron chi connectivity index (χ2n) is 42.4. The van der Waals surface area contributed by atoms with Gasteiger partial charge in [0, 0.05) is 197 Å². The monoisotopic (exact) mass is 2080 g/mol. The first kappa shape index (κ1) is 129. The number of hydrogen-bond acceptors (Lipinski definition) is 42. The molecule has 4 unspecified atom stereocenters. The molecule has 852 valence electrons. The third-order valence-corrected chi connectivity index (χ3v) is 26.8. The average molecular weight is 2080 g/mol. The van der Waals surface area contributed by atoms with Crippen LogP contribution in [0.5, 0.6) is 0 Å². The zero-order valence-electron chi connectivity index (χ0n) is 89.9. The van der Waals surface area contributed by atoms with E-state index in [1.165, 1.54) is 0 Å². The average Bonchev–Trinajstić information content (AvgIpc) is 1.76. The second kappa shape index (κ2) is 72.2. The molecular formula is C102H198N6O36. The number of ether oxygens (including phenoxy) is 24. The van der Waals surface area contributed by atoms with Crippen LogP contribution in [-0.4, -0.2) is 551 Å². The molecule has 0 bridgehead atoms. The quantitative estimate of drug-likeness (QED) is 0.0389. The summed E-state index contributed by atoms with van der Waals surface area (Å²) in [5.74, 6) is -3.40. The van der Waals surface area contributed by atoms with Gasteiger partial charge in [0.1, 0.15) is 0 Å². The van der Waals surface area contributed by atoms with Gasteiger partial charge in [-0.15, -0.1) is 0 Å². The lowest BCUT2D eigenvalue weighted by Gasteiger charge is -2.28. The molecule has 8 rings (SSSR count). The van der Waals surface area contributed by atoms with E-state index in [4.69, 9.17) is 114 Å². The molecule has 0 aliphatic carbocycles. The maximum absolute atomic E-state index is 9.88. The number of aliphatic hydroxyl groups excluding tert-OH is 12. The molecule has 0 aromatic carbocycles. The molecule has 8 aliphatic rings. The highest BCUT2D eigenvalue weighted by molar-refractivity contribution is 4.83. The first-order valence-corrected chi connectivity index (χ1v) is 54.0. The summed E-state index contributed by atoms with van der Waals surface area (Å²) in [6, 6.07) is 0. The molecule has 0 aromatic heterocycles. The van der Waals surface area contributed by atoms with Gasteiger partial charge in [-0.25, -0.2) is 0 Å². The summed E-state index contributed by atoms with van der Waals surface area (Å²) in [6.45, 7) is 46.4. The Kier molecular flexibility index (Phi) is 64.8. The molecule has 0 radical (unpaired) electrons. The van der Waals surface area contributed by atoms with Gasteiger partial charge in [-0.3, -0.25) is 0 Å².